The first-order chi connectivity index (χ1) is 11.4. The summed E-state index contributed by atoms with van der Waals surface area (Å²) in [5.74, 6) is 0.770. The van der Waals surface area contributed by atoms with Crippen molar-refractivity contribution in [1.82, 2.24) is 25.5 Å². The lowest BCUT2D eigenvalue weighted by Crippen LogP contribution is -2.53. The van der Waals surface area contributed by atoms with Crippen LogP contribution in [0.5, 0.6) is 0 Å². The summed E-state index contributed by atoms with van der Waals surface area (Å²) in [6.07, 6.45) is 0. The summed E-state index contributed by atoms with van der Waals surface area (Å²) in [5.41, 5.74) is 3.00. The van der Waals surface area contributed by atoms with Gasteiger partial charge in [-0.15, -0.1) is 0 Å². The molecule has 3 N–H and O–H groups in total. The number of amides is 3. The second-order valence-corrected chi connectivity index (χ2v) is 6.59. The van der Waals surface area contributed by atoms with Gasteiger partial charge < -0.3 is 20.5 Å². The van der Waals surface area contributed by atoms with Crippen molar-refractivity contribution in [2.75, 3.05) is 19.6 Å². The number of hydrogen-bond acceptors (Lipinski definition) is 3. The molecule has 2 heterocycles. The molecule has 0 aliphatic carbocycles. The minimum absolute atomic E-state index is 0.0932. The van der Waals surface area contributed by atoms with Gasteiger partial charge in [-0.3, -0.25) is 4.79 Å². The Bertz CT molecular complexity index is 767. The average molecular weight is 329 g/mol. The SMILES string of the molecule is Cc1ccc2nc(C(NC(=O)N3CCNC(=O)C3)C(C)C)[nH]c2c1. The average Bonchev–Trinajstić information content (AvgIpc) is 2.94. The van der Waals surface area contributed by atoms with Crippen molar-refractivity contribution in [2.45, 2.75) is 26.8 Å². The number of aromatic nitrogens is 2. The molecule has 1 atom stereocenters. The van der Waals surface area contributed by atoms with Gasteiger partial charge in [-0.05, 0) is 30.5 Å². The Balaban J connectivity index is 1.80. The molecule has 128 valence electrons. The Kier molecular flexibility index (Phi) is 4.42. The molecule has 2 aromatic rings. The van der Waals surface area contributed by atoms with E-state index in [2.05, 4.69) is 20.6 Å². The number of carbonyl (C=O) groups is 2. The van der Waals surface area contributed by atoms with Crippen LogP contribution in [0.1, 0.15) is 31.3 Å². The number of nitrogens with zero attached hydrogens (tertiary/aromatic N) is 2. The lowest BCUT2D eigenvalue weighted by atomic mass is 10.0. The van der Waals surface area contributed by atoms with Crippen LogP contribution in [0.4, 0.5) is 4.79 Å². The lowest BCUT2D eigenvalue weighted by molar-refractivity contribution is -0.123. The second-order valence-electron chi connectivity index (χ2n) is 6.59. The van der Waals surface area contributed by atoms with Crippen LogP contribution < -0.4 is 10.6 Å². The molecule has 1 fully saturated rings. The maximum absolute atomic E-state index is 12.5. The van der Waals surface area contributed by atoms with E-state index in [0.29, 0.717) is 13.1 Å². The third kappa shape index (κ3) is 3.34. The Hall–Kier alpha value is -2.57. The number of fused-ring (bicyclic) bond motifs is 1. The summed E-state index contributed by atoms with van der Waals surface area (Å²) in [6, 6.07) is 5.55. The maximum Gasteiger partial charge on any atom is 0.318 e. The maximum atomic E-state index is 12.5. The Morgan fingerprint density at radius 1 is 1.38 bits per heavy atom. The first-order valence-corrected chi connectivity index (χ1v) is 8.22. The number of aromatic amines is 1. The minimum atomic E-state index is -0.241. The van der Waals surface area contributed by atoms with E-state index in [0.717, 1.165) is 22.4 Å². The van der Waals surface area contributed by atoms with Crippen molar-refractivity contribution in [3.05, 3.63) is 29.6 Å². The molecule has 1 unspecified atom stereocenters. The normalized spacial score (nSPS) is 16.3. The standard InChI is InChI=1S/C17H23N5O2/c1-10(2)15(21-17(24)22-7-6-18-14(23)9-22)16-19-12-5-4-11(3)8-13(12)20-16/h4-5,8,10,15H,6-7,9H2,1-3H3,(H,18,23)(H,19,20)(H,21,24). The molecule has 1 saturated heterocycles. The molecule has 24 heavy (non-hydrogen) atoms. The first kappa shape index (κ1) is 16.3. The van der Waals surface area contributed by atoms with Crippen LogP contribution in [0.2, 0.25) is 0 Å². The van der Waals surface area contributed by atoms with Crippen molar-refractivity contribution < 1.29 is 9.59 Å². The smallest absolute Gasteiger partial charge is 0.318 e. The topological polar surface area (TPSA) is 90.1 Å². The number of benzene rings is 1. The third-order valence-corrected chi connectivity index (χ3v) is 4.22. The Labute approximate surface area is 140 Å². The fourth-order valence-electron chi connectivity index (χ4n) is 2.88. The molecule has 0 spiro atoms. The molecule has 7 heteroatoms. The highest BCUT2D eigenvalue weighted by molar-refractivity contribution is 5.85. The lowest BCUT2D eigenvalue weighted by Gasteiger charge is -2.29. The number of rotatable bonds is 3. The summed E-state index contributed by atoms with van der Waals surface area (Å²) >= 11 is 0. The van der Waals surface area contributed by atoms with Crippen molar-refractivity contribution in [3.8, 4) is 0 Å². The molecular formula is C17H23N5O2. The van der Waals surface area contributed by atoms with Crippen molar-refractivity contribution in [3.63, 3.8) is 0 Å². The molecule has 1 aromatic carbocycles. The summed E-state index contributed by atoms with van der Waals surface area (Å²) in [4.78, 5) is 33.4. The van der Waals surface area contributed by atoms with Crippen LogP contribution in [-0.2, 0) is 4.79 Å². The molecule has 3 amide bonds. The van der Waals surface area contributed by atoms with Gasteiger partial charge in [0.15, 0.2) is 0 Å². The third-order valence-electron chi connectivity index (χ3n) is 4.22. The summed E-state index contributed by atoms with van der Waals surface area (Å²) in [7, 11) is 0. The van der Waals surface area contributed by atoms with Crippen molar-refractivity contribution in [1.29, 1.82) is 0 Å². The van der Waals surface area contributed by atoms with Gasteiger partial charge in [0.05, 0.1) is 17.1 Å². The number of urea groups is 1. The van der Waals surface area contributed by atoms with Crippen LogP contribution in [0.15, 0.2) is 18.2 Å². The van der Waals surface area contributed by atoms with E-state index in [9.17, 15) is 9.59 Å². The zero-order chi connectivity index (χ0) is 17.3. The number of aryl methyl sites for hydroxylation is 1. The van der Waals surface area contributed by atoms with Crippen LogP contribution >= 0.6 is 0 Å². The molecule has 1 aliphatic heterocycles. The van der Waals surface area contributed by atoms with E-state index in [1.807, 2.05) is 39.0 Å². The zero-order valence-corrected chi connectivity index (χ0v) is 14.2. The summed E-state index contributed by atoms with van der Waals surface area (Å²) in [5, 5.41) is 5.73. The number of imidazole rings is 1. The van der Waals surface area contributed by atoms with Crippen LogP contribution in [0, 0.1) is 12.8 Å². The number of H-pyrrole nitrogens is 1. The van der Waals surface area contributed by atoms with Gasteiger partial charge in [0, 0.05) is 13.1 Å². The largest absolute Gasteiger partial charge is 0.353 e. The van der Waals surface area contributed by atoms with Crippen LogP contribution in [0.3, 0.4) is 0 Å². The fraction of sp³-hybridized carbons (Fsp3) is 0.471. The predicted octanol–water partition coefficient (Wildman–Crippen LogP) is 1.71. The quantitative estimate of drug-likeness (QED) is 0.801. The highest BCUT2D eigenvalue weighted by Crippen LogP contribution is 2.23. The van der Waals surface area contributed by atoms with Crippen LogP contribution in [-0.4, -0.2) is 46.4 Å². The monoisotopic (exact) mass is 329 g/mol. The predicted molar refractivity (Wildman–Crippen MR) is 91.5 cm³/mol. The van der Waals surface area contributed by atoms with Gasteiger partial charge >= 0.3 is 6.03 Å². The highest BCUT2D eigenvalue weighted by atomic mass is 16.2. The Morgan fingerprint density at radius 2 is 2.17 bits per heavy atom. The summed E-state index contributed by atoms with van der Waals surface area (Å²) < 4.78 is 0. The number of carbonyl (C=O) groups excluding carboxylic acids is 2. The molecule has 0 radical (unpaired) electrons. The van der Waals surface area contributed by atoms with E-state index < -0.39 is 0 Å². The molecule has 7 nitrogen and oxygen atoms in total. The number of piperazine rings is 1. The van der Waals surface area contributed by atoms with E-state index in [4.69, 9.17) is 0 Å². The van der Waals surface area contributed by atoms with Crippen LogP contribution in [0.25, 0.3) is 11.0 Å². The van der Waals surface area contributed by atoms with Gasteiger partial charge in [0.2, 0.25) is 5.91 Å². The molecule has 1 aromatic heterocycles. The van der Waals surface area contributed by atoms with Gasteiger partial charge in [0.1, 0.15) is 12.4 Å². The van der Waals surface area contributed by atoms with Crippen molar-refractivity contribution in [2.24, 2.45) is 5.92 Å². The first-order valence-electron chi connectivity index (χ1n) is 8.22. The van der Waals surface area contributed by atoms with E-state index in [-0.39, 0.29) is 30.4 Å². The summed E-state index contributed by atoms with van der Waals surface area (Å²) in [6.45, 7) is 7.20. The van der Waals surface area contributed by atoms with E-state index in [1.54, 1.807) is 0 Å². The van der Waals surface area contributed by atoms with Gasteiger partial charge in [-0.25, -0.2) is 9.78 Å². The van der Waals surface area contributed by atoms with Gasteiger partial charge in [-0.1, -0.05) is 19.9 Å². The number of nitrogens with one attached hydrogen (secondary N) is 3. The van der Waals surface area contributed by atoms with Crippen molar-refractivity contribution >= 4 is 23.0 Å². The number of hydrogen-bond donors (Lipinski definition) is 3. The zero-order valence-electron chi connectivity index (χ0n) is 14.2. The highest BCUT2D eigenvalue weighted by Gasteiger charge is 2.27. The molecule has 1 aliphatic rings. The molecule has 0 saturated carbocycles. The minimum Gasteiger partial charge on any atom is -0.353 e. The van der Waals surface area contributed by atoms with Gasteiger partial charge in [0.25, 0.3) is 0 Å². The van der Waals surface area contributed by atoms with E-state index in [1.165, 1.54) is 4.90 Å². The van der Waals surface area contributed by atoms with Gasteiger partial charge in [-0.2, -0.15) is 0 Å². The molecular weight excluding hydrogens is 306 g/mol. The fourth-order valence-corrected chi connectivity index (χ4v) is 2.88. The Morgan fingerprint density at radius 3 is 2.88 bits per heavy atom. The molecule has 0 bridgehead atoms. The second kappa shape index (κ2) is 6.51. The molecule has 3 rings (SSSR count). The van der Waals surface area contributed by atoms with E-state index >= 15 is 0 Å².